The van der Waals surface area contributed by atoms with Crippen molar-refractivity contribution in [1.82, 2.24) is 4.57 Å². The zero-order valence-corrected chi connectivity index (χ0v) is 14.3. The van der Waals surface area contributed by atoms with Gasteiger partial charge in [-0.1, -0.05) is 65.2 Å². The van der Waals surface area contributed by atoms with Crippen molar-refractivity contribution in [2.75, 3.05) is 0 Å². The number of hydrogen-bond donors (Lipinski definition) is 0. The summed E-state index contributed by atoms with van der Waals surface area (Å²) in [6.45, 7) is 19.7. The van der Waals surface area contributed by atoms with Crippen LogP contribution in [0, 0.1) is 6.92 Å². The van der Waals surface area contributed by atoms with Crippen LogP contribution in [0.1, 0.15) is 57.1 Å². The second-order valence-corrected chi connectivity index (χ2v) is 3.67. The maximum Gasteiger partial charge on any atom is 0.0481 e. The van der Waals surface area contributed by atoms with Crippen LogP contribution in [0.25, 0.3) is 18.2 Å². The first kappa shape index (κ1) is 20.6. The number of rotatable bonds is 4. The third-order valence-electron chi connectivity index (χ3n) is 2.71. The SMILES string of the molecule is C=C/C=C\c1c(C)c(C=C)c(/C=C\C)n1C.CC.CC. The highest BCUT2D eigenvalue weighted by Gasteiger charge is 2.11. The Balaban J connectivity index is 0. The van der Waals surface area contributed by atoms with E-state index in [9.17, 15) is 0 Å². The van der Waals surface area contributed by atoms with Gasteiger partial charge in [-0.15, -0.1) is 0 Å². The van der Waals surface area contributed by atoms with Crippen molar-refractivity contribution in [2.24, 2.45) is 7.05 Å². The van der Waals surface area contributed by atoms with E-state index in [1.54, 1.807) is 6.08 Å². The van der Waals surface area contributed by atoms with Crippen LogP contribution in [0.2, 0.25) is 0 Å². The molecule has 0 spiro atoms. The summed E-state index contributed by atoms with van der Waals surface area (Å²) in [5.74, 6) is 0. The second-order valence-electron chi connectivity index (χ2n) is 3.67. The summed E-state index contributed by atoms with van der Waals surface area (Å²) in [6, 6.07) is 0. The molecule has 0 saturated carbocycles. The first-order valence-corrected chi connectivity index (χ1v) is 7.40. The first-order chi connectivity index (χ1) is 9.67. The molecule has 0 aliphatic carbocycles. The van der Waals surface area contributed by atoms with Crippen molar-refractivity contribution in [3.05, 3.63) is 53.9 Å². The van der Waals surface area contributed by atoms with Crippen LogP contribution in [0.4, 0.5) is 0 Å². The number of nitrogens with zero attached hydrogens (tertiary/aromatic N) is 1. The minimum atomic E-state index is 1.19. The number of aromatic nitrogens is 1. The van der Waals surface area contributed by atoms with E-state index in [2.05, 4.69) is 43.8 Å². The van der Waals surface area contributed by atoms with E-state index in [0.717, 1.165) is 0 Å². The lowest BCUT2D eigenvalue weighted by Gasteiger charge is -2.01. The van der Waals surface area contributed by atoms with Crippen molar-refractivity contribution in [3.63, 3.8) is 0 Å². The highest BCUT2D eigenvalue weighted by atomic mass is 15.0. The summed E-state index contributed by atoms with van der Waals surface area (Å²) in [5, 5.41) is 0. The van der Waals surface area contributed by atoms with Crippen LogP contribution in [-0.2, 0) is 7.05 Å². The largest absolute Gasteiger partial charge is 0.344 e. The van der Waals surface area contributed by atoms with Gasteiger partial charge in [0.25, 0.3) is 0 Å². The third-order valence-corrected chi connectivity index (χ3v) is 2.71. The van der Waals surface area contributed by atoms with Crippen LogP contribution in [0.15, 0.2) is 31.4 Å². The Hall–Kier alpha value is -1.76. The monoisotopic (exact) mass is 273 g/mol. The Kier molecular flexibility index (Phi) is 12.6. The van der Waals surface area contributed by atoms with Gasteiger partial charge < -0.3 is 4.57 Å². The van der Waals surface area contributed by atoms with E-state index in [0.29, 0.717) is 0 Å². The number of allylic oxidation sites excluding steroid dienone is 3. The Labute approximate surface area is 126 Å². The maximum absolute atomic E-state index is 3.88. The lowest BCUT2D eigenvalue weighted by atomic mass is 10.1. The average Bonchev–Trinajstić information content (AvgIpc) is 2.72. The molecule has 1 rings (SSSR count). The van der Waals surface area contributed by atoms with Crippen molar-refractivity contribution >= 4 is 18.2 Å². The van der Waals surface area contributed by atoms with Gasteiger partial charge in [-0.2, -0.15) is 0 Å². The lowest BCUT2D eigenvalue weighted by Crippen LogP contribution is -1.94. The van der Waals surface area contributed by atoms with Crippen molar-refractivity contribution in [3.8, 4) is 0 Å². The van der Waals surface area contributed by atoms with Crippen LogP contribution in [0.3, 0.4) is 0 Å². The van der Waals surface area contributed by atoms with Crippen molar-refractivity contribution < 1.29 is 0 Å². The Morgan fingerprint density at radius 1 is 0.950 bits per heavy atom. The molecular weight excluding hydrogens is 242 g/mol. The molecule has 0 fully saturated rings. The van der Waals surface area contributed by atoms with E-state index >= 15 is 0 Å². The smallest absolute Gasteiger partial charge is 0.0481 e. The van der Waals surface area contributed by atoms with Gasteiger partial charge >= 0.3 is 0 Å². The van der Waals surface area contributed by atoms with Crippen molar-refractivity contribution in [1.29, 1.82) is 0 Å². The Morgan fingerprint density at radius 2 is 1.50 bits per heavy atom. The molecule has 0 aliphatic rings. The molecule has 0 aliphatic heterocycles. The molecule has 1 aromatic rings. The van der Waals surface area contributed by atoms with Crippen molar-refractivity contribution in [2.45, 2.75) is 41.5 Å². The molecule has 0 radical (unpaired) electrons. The van der Waals surface area contributed by atoms with E-state index in [4.69, 9.17) is 0 Å². The first-order valence-electron chi connectivity index (χ1n) is 7.40. The fourth-order valence-electron chi connectivity index (χ4n) is 1.91. The molecule has 0 saturated heterocycles. The van der Waals surface area contributed by atoms with E-state index in [1.807, 2.05) is 52.8 Å². The van der Waals surface area contributed by atoms with Crippen LogP contribution in [0.5, 0.6) is 0 Å². The molecule has 1 aromatic heterocycles. The van der Waals surface area contributed by atoms with Crippen LogP contribution in [-0.4, -0.2) is 4.57 Å². The molecule has 0 unspecified atom stereocenters. The van der Waals surface area contributed by atoms with Crippen LogP contribution >= 0.6 is 0 Å². The molecule has 0 amide bonds. The second kappa shape index (κ2) is 12.3. The van der Waals surface area contributed by atoms with E-state index < -0.39 is 0 Å². The molecule has 0 atom stereocenters. The normalized spacial score (nSPS) is 9.75. The summed E-state index contributed by atoms with van der Waals surface area (Å²) in [5.41, 5.74) is 4.84. The number of hydrogen-bond acceptors (Lipinski definition) is 0. The minimum Gasteiger partial charge on any atom is -0.344 e. The lowest BCUT2D eigenvalue weighted by molar-refractivity contribution is 0.898. The quantitative estimate of drug-likeness (QED) is 0.570. The molecule has 112 valence electrons. The summed E-state index contributed by atoms with van der Waals surface area (Å²) >= 11 is 0. The average molecular weight is 273 g/mol. The summed E-state index contributed by atoms with van der Waals surface area (Å²) < 4.78 is 2.17. The van der Waals surface area contributed by atoms with E-state index in [1.165, 1.54) is 22.5 Å². The summed E-state index contributed by atoms with van der Waals surface area (Å²) in [7, 11) is 2.07. The van der Waals surface area contributed by atoms with Crippen LogP contribution < -0.4 is 0 Å². The van der Waals surface area contributed by atoms with Gasteiger partial charge in [-0.05, 0) is 31.6 Å². The maximum atomic E-state index is 3.88. The minimum absolute atomic E-state index is 1.19. The Morgan fingerprint density at radius 3 is 1.90 bits per heavy atom. The van der Waals surface area contributed by atoms with Gasteiger partial charge in [0.2, 0.25) is 0 Å². The standard InChI is InChI=1S/C15H19N.2C2H6/c1-6-9-11-14-12(4)13(8-3)15(10-7-2)16(14)5;2*1-2/h6-11H,1,3H2,2,4-5H3;2*1-2H3/b10-7-,11-9-;;. The summed E-state index contributed by atoms with van der Waals surface area (Å²) in [4.78, 5) is 0. The van der Waals surface area contributed by atoms with E-state index in [-0.39, 0.29) is 0 Å². The molecule has 1 nitrogen and oxygen atoms in total. The Bertz CT molecular complexity index is 457. The zero-order valence-electron chi connectivity index (χ0n) is 14.3. The van der Waals surface area contributed by atoms with Gasteiger partial charge in [0.15, 0.2) is 0 Å². The third kappa shape index (κ3) is 5.08. The molecule has 0 aromatic carbocycles. The molecule has 0 N–H and O–H groups in total. The molecule has 0 bridgehead atoms. The fourth-order valence-corrected chi connectivity index (χ4v) is 1.91. The van der Waals surface area contributed by atoms with Gasteiger partial charge in [0.1, 0.15) is 0 Å². The fraction of sp³-hybridized carbons (Fsp3) is 0.368. The topological polar surface area (TPSA) is 4.93 Å². The van der Waals surface area contributed by atoms with Gasteiger partial charge in [0.05, 0.1) is 0 Å². The summed E-state index contributed by atoms with van der Waals surface area (Å²) in [6.07, 6.45) is 11.9. The molecular formula is C19H31N. The van der Waals surface area contributed by atoms with Gasteiger partial charge in [-0.3, -0.25) is 0 Å². The predicted octanol–water partition coefficient (Wildman–Crippen LogP) is 6.26. The highest BCUT2D eigenvalue weighted by molar-refractivity contribution is 5.71. The highest BCUT2D eigenvalue weighted by Crippen LogP contribution is 2.25. The zero-order chi connectivity index (χ0) is 16.1. The molecule has 20 heavy (non-hydrogen) atoms. The molecule has 1 heterocycles. The van der Waals surface area contributed by atoms with Gasteiger partial charge in [-0.25, -0.2) is 0 Å². The van der Waals surface area contributed by atoms with Gasteiger partial charge in [0, 0.05) is 24.0 Å². The molecule has 1 heteroatoms. The predicted molar refractivity (Wildman–Crippen MR) is 96.9 cm³/mol.